The Balaban J connectivity index is 1.56. The number of para-hydroxylation sites is 2. The fourth-order valence-corrected chi connectivity index (χ4v) is 4.80. The third-order valence-electron chi connectivity index (χ3n) is 6.32. The summed E-state index contributed by atoms with van der Waals surface area (Å²) < 4.78 is 5.40. The highest BCUT2D eigenvalue weighted by Gasteiger charge is 2.39. The molecule has 0 fully saturated rings. The molecule has 5 heteroatoms. The molecule has 34 heavy (non-hydrogen) atoms. The molecular formula is C29H26N2O3. The molecule has 0 aliphatic carbocycles. The third-order valence-corrected chi connectivity index (χ3v) is 6.32. The van der Waals surface area contributed by atoms with Gasteiger partial charge in [0.25, 0.3) is 5.91 Å². The molecule has 1 aromatic heterocycles. The number of furan rings is 1. The molecule has 0 saturated carbocycles. The average molecular weight is 451 g/mol. The monoisotopic (exact) mass is 450 g/mol. The molecule has 3 aromatic carbocycles. The fraction of sp³-hybridized carbons (Fsp3) is 0.172. The van der Waals surface area contributed by atoms with Gasteiger partial charge in [0, 0.05) is 17.4 Å². The van der Waals surface area contributed by atoms with Crippen LogP contribution in [0.3, 0.4) is 0 Å². The Morgan fingerprint density at radius 3 is 2.26 bits per heavy atom. The quantitative estimate of drug-likeness (QED) is 0.373. The number of benzene rings is 3. The molecule has 1 aliphatic heterocycles. The summed E-state index contributed by atoms with van der Waals surface area (Å²) in [6.45, 7) is 2.02. The maximum atomic E-state index is 13.8. The lowest BCUT2D eigenvalue weighted by Crippen LogP contribution is -2.48. The van der Waals surface area contributed by atoms with E-state index in [0.29, 0.717) is 18.6 Å². The molecule has 2 heterocycles. The molecular weight excluding hydrogens is 424 g/mol. The van der Waals surface area contributed by atoms with Crippen LogP contribution in [0.25, 0.3) is 0 Å². The second-order valence-corrected chi connectivity index (χ2v) is 8.57. The van der Waals surface area contributed by atoms with Gasteiger partial charge in [-0.3, -0.25) is 9.59 Å². The minimum Gasteiger partial charge on any atom is -0.459 e. The highest BCUT2D eigenvalue weighted by Crippen LogP contribution is 2.42. The minimum atomic E-state index is -0.203. The van der Waals surface area contributed by atoms with E-state index in [-0.39, 0.29) is 23.9 Å². The molecule has 5 rings (SSSR count). The van der Waals surface area contributed by atoms with Crippen LogP contribution < -0.4 is 9.80 Å². The van der Waals surface area contributed by atoms with E-state index in [4.69, 9.17) is 4.42 Å². The van der Waals surface area contributed by atoms with E-state index in [1.165, 1.54) is 6.26 Å². The lowest BCUT2D eigenvalue weighted by Gasteiger charge is -2.43. The van der Waals surface area contributed by atoms with Crippen molar-refractivity contribution in [1.82, 2.24) is 0 Å². The van der Waals surface area contributed by atoms with E-state index < -0.39 is 0 Å². The van der Waals surface area contributed by atoms with Crippen molar-refractivity contribution in [1.29, 1.82) is 0 Å². The van der Waals surface area contributed by atoms with Crippen LogP contribution >= 0.6 is 0 Å². The minimum absolute atomic E-state index is 0.0233. The zero-order valence-electron chi connectivity index (χ0n) is 19.0. The summed E-state index contributed by atoms with van der Waals surface area (Å²) in [6.07, 6.45) is 2.42. The Hall–Kier alpha value is -4.12. The smallest absolute Gasteiger partial charge is 0.294 e. The highest BCUT2D eigenvalue weighted by molar-refractivity contribution is 6.06. The molecule has 4 aromatic rings. The number of carbonyl (C=O) groups is 2. The van der Waals surface area contributed by atoms with Crippen LogP contribution in [0.1, 0.15) is 41.1 Å². The molecule has 2 atom stereocenters. The summed E-state index contributed by atoms with van der Waals surface area (Å²) in [5.41, 5.74) is 3.58. The summed E-state index contributed by atoms with van der Waals surface area (Å²) in [4.78, 5) is 30.8. The maximum Gasteiger partial charge on any atom is 0.294 e. The normalized spacial score (nSPS) is 17.1. The first-order valence-corrected chi connectivity index (χ1v) is 11.5. The third kappa shape index (κ3) is 4.13. The first-order chi connectivity index (χ1) is 16.6. The second-order valence-electron chi connectivity index (χ2n) is 8.57. The molecule has 0 saturated heterocycles. The highest BCUT2D eigenvalue weighted by atomic mass is 16.3. The maximum absolute atomic E-state index is 13.8. The predicted octanol–water partition coefficient (Wildman–Crippen LogP) is 6.04. The van der Waals surface area contributed by atoms with Crippen molar-refractivity contribution >= 4 is 23.2 Å². The average Bonchev–Trinajstić information content (AvgIpc) is 3.40. The van der Waals surface area contributed by atoms with Crippen molar-refractivity contribution in [2.45, 2.75) is 31.8 Å². The number of amides is 2. The van der Waals surface area contributed by atoms with Crippen molar-refractivity contribution in [3.05, 3.63) is 120 Å². The Kier molecular flexibility index (Phi) is 6.00. The van der Waals surface area contributed by atoms with Crippen LogP contribution in [0, 0.1) is 0 Å². The van der Waals surface area contributed by atoms with Gasteiger partial charge in [-0.1, -0.05) is 66.7 Å². The first kappa shape index (κ1) is 21.7. The number of anilines is 2. The van der Waals surface area contributed by atoms with Crippen LogP contribution in [0.5, 0.6) is 0 Å². The van der Waals surface area contributed by atoms with Crippen molar-refractivity contribution < 1.29 is 14.0 Å². The topological polar surface area (TPSA) is 53.8 Å². The molecule has 0 radical (unpaired) electrons. The molecule has 5 nitrogen and oxygen atoms in total. The standard InChI is InChI=1S/C29H26N2O3/c1-21-19-26(24-15-8-9-16-25(24)30(21)29(33)27-17-10-18-34-27)31(23-13-6-3-7-14-23)28(32)20-22-11-4-2-5-12-22/h2-18,21,26H,19-20H2,1H3/t21-,26+/m0/s1. The van der Waals surface area contributed by atoms with Crippen molar-refractivity contribution in [3.8, 4) is 0 Å². The van der Waals surface area contributed by atoms with Crippen molar-refractivity contribution in [2.24, 2.45) is 0 Å². The van der Waals surface area contributed by atoms with Gasteiger partial charge in [0.15, 0.2) is 5.76 Å². The van der Waals surface area contributed by atoms with Gasteiger partial charge in [0.2, 0.25) is 5.91 Å². The summed E-state index contributed by atoms with van der Waals surface area (Å²) in [7, 11) is 0. The van der Waals surface area contributed by atoms with E-state index in [9.17, 15) is 9.59 Å². The Morgan fingerprint density at radius 2 is 1.56 bits per heavy atom. The van der Waals surface area contributed by atoms with E-state index in [1.54, 1.807) is 17.0 Å². The lowest BCUT2D eigenvalue weighted by molar-refractivity contribution is -0.118. The zero-order valence-corrected chi connectivity index (χ0v) is 19.0. The van der Waals surface area contributed by atoms with E-state index in [1.807, 2.05) is 96.8 Å². The number of nitrogens with zero attached hydrogens (tertiary/aromatic N) is 2. The molecule has 1 aliphatic rings. The number of carbonyl (C=O) groups excluding carboxylic acids is 2. The summed E-state index contributed by atoms with van der Waals surface area (Å²) >= 11 is 0. The molecule has 2 amide bonds. The van der Waals surface area contributed by atoms with Gasteiger partial charge in [0.05, 0.1) is 18.7 Å². The molecule has 170 valence electrons. The van der Waals surface area contributed by atoms with Gasteiger partial charge < -0.3 is 14.2 Å². The van der Waals surface area contributed by atoms with Gasteiger partial charge in [0.1, 0.15) is 0 Å². The lowest BCUT2D eigenvalue weighted by atomic mass is 9.89. The van der Waals surface area contributed by atoms with Crippen LogP contribution in [-0.4, -0.2) is 17.9 Å². The van der Waals surface area contributed by atoms with Gasteiger partial charge in [-0.15, -0.1) is 0 Å². The van der Waals surface area contributed by atoms with Crippen molar-refractivity contribution in [3.63, 3.8) is 0 Å². The molecule has 0 unspecified atom stereocenters. The summed E-state index contributed by atoms with van der Waals surface area (Å²) in [6, 6.07) is 30.5. The number of rotatable bonds is 5. The van der Waals surface area contributed by atoms with Crippen LogP contribution in [0.15, 0.2) is 108 Å². The first-order valence-electron chi connectivity index (χ1n) is 11.5. The van der Waals surface area contributed by atoms with Gasteiger partial charge >= 0.3 is 0 Å². The SMILES string of the molecule is C[C@H]1C[C@@H](N(C(=O)Cc2ccccc2)c2ccccc2)c2ccccc2N1C(=O)c1ccco1. The van der Waals surface area contributed by atoms with Gasteiger partial charge in [-0.25, -0.2) is 0 Å². The van der Waals surface area contributed by atoms with E-state index >= 15 is 0 Å². The van der Waals surface area contributed by atoms with E-state index in [0.717, 1.165) is 22.5 Å². The number of hydrogen-bond acceptors (Lipinski definition) is 3. The number of hydrogen-bond donors (Lipinski definition) is 0. The second kappa shape index (κ2) is 9.40. The van der Waals surface area contributed by atoms with E-state index in [2.05, 4.69) is 0 Å². The zero-order chi connectivity index (χ0) is 23.5. The molecule has 0 bridgehead atoms. The van der Waals surface area contributed by atoms with Gasteiger partial charge in [-0.2, -0.15) is 0 Å². The molecule has 0 N–H and O–H groups in total. The summed E-state index contributed by atoms with van der Waals surface area (Å²) in [5, 5.41) is 0. The molecule has 0 spiro atoms. The predicted molar refractivity (Wildman–Crippen MR) is 133 cm³/mol. The van der Waals surface area contributed by atoms with Crippen LogP contribution in [0.4, 0.5) is 11.4 Å². The Bertz CT molecular complexity index is 1270. The van der Waals surface area contributed by atoms with Gasteiger partial charge in [-0.05, 0) is 54.8 Å². The number of fused-ring (bicyclic) bond motifs is 1. The fourth-order valence-electron chi connectivity index (χ4n) is 4.80. The summed E-state index contributed by atoms with van der Waals surface area (Å²) in [5.74, 6) is 0.153. The van der Waals surface area contributed by atoms with Crippen LogP contribution in [0.2, 0.25) is 0 Å². The Labute approximate surface area is 199 Å². The van der Waals surface area contributed by atoms with Crippen molar-refractivity contribution in [2.75, 3.05) is 9.80 Å². The Morgan fingerprint density at radius 1 is 0.882 bits per heavy atom. The largest absolute Gasteiger partial charge is 0.459 e. The van der Waals surface area contributed by atoms with Crippen LogP contribution in [-0.2, 0) is 11.2 Å².